The average Bonchev–Trinajstić information content (AvgIpc) is 3.77. The molecule has 1 spiro atoms. The highest BCUT2D eigenvalue weighted by Gasteiger charge is 2.66. The maximum absolute atomic E-state index is 15.1. The summed E-state index contributed by atoms with van der Waals surface area (Å²) in [5.74, 6) is -2.46. The summed E-state index contributed by atoms with van der Waals surface area (Å²) in [6.45, 7) is -0.183. The van der Waals surface area contributed by atoms with Crippen molar-refractivity contribution in [3.8, 4) is 0 Å². The van der Waals surface area contributed by atoms with E-state index < -0.39 is 34.4 Å². The number of hydrogen-bond donors (Lipinski definition) is 0. The molecule has 0 radical (unpaired) electrons. The van der Waals surface area contributed by atoms with Crippen molar-refractivity contribution in [1.82, 2.24) is 10.2 Å². The zero-order chi connectivity index (χ0) is 34.1. The largest absolute Gasteiger partial charge is 0.450 e. The molecule has 0 aliphatic carbocycles. The number of amides is 2. The van der Waals surface area contributed by atoms with Crippen LogP contribution < -0.4 is 15.2 Å². The molecule has 12 heteroatoms. The van der Waals surface area contributed by atoms with Gasteiger partial charge in [0.25, 0.3) is 11.8 Å². The second kappa shape index (κ2) is 11.4. The Balaban J connectivity index is 1.21. The second-order valence-corrected chi connectivity index (χ2v) is 14.1. The summed E-state index contributed by atoms with van der Waals surface area (Å²) in [4.78, 5) is 46.6. The highest BCUT2D eigenvalue weighted by molar-refractivity contribution is 8.00. The first-order chi connectivity index (χ1) is 24.4. The van der Waals surface area contributed by atoms with Crippen LogP contribution >= 0.6 is 23.1 Å². The zero-order valence-electron chi connectivity index (χ0n) is 25.8. The average molecular weight is 701 g/mol. The molecule has 0 N–H and O–H groups in total. The predicted octanol–water partition coefficient (Wildman–Crippen LogP) is 7.82. The van der Waals surface area contributed by atoms with Gasteiger partial charge in [0, 0.05) is 16.9 Å². The molecular weight excluding hydrogens is 679 g/mol. The molecule has 2 aliphatic heterocycles. The lowest BCUT2D eigenvalue weighted by molar-refractivity contribution is -0.121. The van der Waals surface area contributed by atoms with Crippen LogP contribution in [0, 0.1) is 11.6 Å². The van der Waals surface area contributed by atoms with Gasteiger partial charge in [-0.1, -0.05) is 102 Å². The van der Waals surface area contributed by atoms with Gasteiger partial charge in [0.15, 0.2) is 15.3 Å². The van der Waals surface area contributed by atoms with Crippen molar-refractivity contribution in [2.45, 2.75) is 22.2 Å². The number of benzene rings is 5. The summed E-state index contributed by atoms with van der Waals surface area (Å²) >= 11 is 2.52. The van der Waals surface area contributed by atoms with Crippen LogP contribution in [0.4, 0.5) is 19.6 Å². The SMILES string of the molecule is O=C1c2oc3ccc(F)cc3c(=O)c2C2(C(=O)N(Cc3ccccc3F)c3ccccc32)N1c1nnc(SCc2cccc3ccccc23)s1. The van der Waals surface area contributed by atoms with Crippen molar-refractivity contribution in [2.24, 2.45) is 0 Å². The fourth-order valence-corrected chi connectivity index (χ4v) is 8.89. The van der Waals surface area contributed by atoms with E-state index in [1.807, 2.05) is 36.4 Å². The van der Waals surface area contributed by atoms with E-state index in [-0.39, 0.29) is 39.5 Å². The minimum absolute atomic E-state index is 0.00830. The van der Waals surface area contributed by atoms with Gasteiger partial charge < -0.3 is 9.32 Å². The summed E-state index contributed by atoms with van der Waals surface area (Å²) in [5.41, 5.74) is -1.09. The van der Waals surface area contributed by atoms with Crippen molar-refractivity contribution < 1.29 is 22.8 Å². The number of rotatable bonds is 6. The first-order valence-electron chi connectivity index (χ1n) is 15.6. The molecule has 2 aromatic heterocycles. The molecule has 5 aromatic carbocycles. The molecule has 1 atom stereocenters. The number of thioether (sulfide) groups is 1. The van der Waals surface area contributed by atoms with Gasteiger partial charge in [-0.05, 0) is 46.7 Å². The number of anilines is 2. The standard InChI is InChI=1S/C38H22F2N4O4S2/c39-24-16-17-30-26(18-24)32(45)31-33(48-30)34(46)44(36-41-42-37(50-36)49-20-23-11-7-10-21-8-1-3-12-25(21)23)38(31)27-13-4-6-15-29(27)43(35(38)47)19-22-9-2-5-14-28(22)40/h1-18H,19-20H2. The molecule has 0 bridgehead atoms. The summed E-state index contributed by atoms with van der Waals surface area (Å²) < 4.78 is 36.1. The summed E-state index contributed by atoms with van der Waals surface area (Å²) in [6, 6.07) is 30.4. The van der Waals surface area contributed by atoms with Crippen LogP contribution in [0.15, 0.2) is 123 Å². The number of nitrogens with zero attached hydrogens (tertiary/aromatic N) is 4. The molecule has 0 fully saturated rings. The minimum Gasteiger partial charge on any atom is -0.450 e. The molecule has 0 saturated heterocycles. The van der Waals surface area contributed by atoms with E-state index in [0.717, 1.165) is 39.8 Å². The molecular formula is C38H22F2N4O4S2. The fourth-order valence-electron chi connectivity index (χ4n) is 7.00. The Morgan fingerprint density at radius 2 is 1.56 bits per heavy atom. The van der Waals surface area contributed by atoms with Crippen LogP contribution in [0.1, 0.15) is 32.8 Å². The molecule has 50 heavy (non-hydrogen) atoms. The van der Waals surface area contributed by atoms with Crippen LogP contribution in [-0.2, 0) is 22.6 Å². The molecule has 0 saturated carbocycles. The van der Waals surface area contributed by atoms with Crippen LogP contribution in [0.25, 0.3) is 21.7 Å². The smallest absolute Gasteiger partial charge is 0.297 e. The summed E-state index contributed by atoms with van der Waals surface area (Å²) in [7, 11) is 0. The third-order valence-corrected chi connectivity index (χ3v) is 11.3. The quantitative estimate of drug-likeness (QED) is 0.129. The topological polar surface area (TPSA) is 96.6 Å². The van der Waals surface area contributed by atoms with Gasteiger partial charge >= 0.3 is 0 Å². The Kier molecular flexibility index (Phi) is 6.94. The second-order valence-electron chi connectivity index (χ2n) is 11.9. The molecule has 2 aliphatic rings. The van der Waals surface area contributed by atoms with Crippen molar-refractivity contribution in [2.75, 3.05) is 9.80 Å². The molecule has 8 nitrogen and oxygen atoms in total. The van der Waals surface area contributed by atoms with Gasteiger partial charge in [0.1, 0.15) is 17.2 Å². The van der Waals surface area contributed by atoms with Crippen molar-refractivity contribution >= 4 is 67.5 Å². The Bertz CT molecular complexity index is 2620. The number of halogens is 2. The highest BCUT2D eigenvalue weighted by atomic mass is 32.2. The van der Waals surface area contributed by atoms with Crippen LogP contribution in [0.5, 0.6) is 0 Å². The number of hydrogen-bond acceptors (Lipinski definition) is 8. The number of carbonyl (C=O) groups is 2. The Labute approximate surface area is 290 Å². The predicted molar refractivity (Wildman–Crippen MR) is 187 cm³/mol. The lowest BCUT2D eigenvalue weighted by Crippen LogP contribution is -2.53. The third-order valence-electron chi connectivity index (χ3n) is 9.19. The fraction of sp³-hybridized carbons (Fsp3) is 0.0789. The van der Waals surface area contributed by atoms with E-state index in [1.54, 1.807) is 42.5 Å². The maximum atomic E-state index is 15.1. The molecule has 9 rings (SSSR count). The number of carbonyl (C=O) groups excluding carboxylic acids is 2. The monoisotopic (exact) mass is 700 g/mol. The van der Waals surface area contributed by atoms with Crippen molar-refractivity contribution in [3.05, 3.63) is 159 Å². The minimum atomic E-state index is -2.09. The Morgan fingerprint density at radius 1 is 0.800 bits per heavy atom. The summed E-state index contributed by atoms with van der Waals surface area (Å²) in [6.07, 6.45) is 0. The number of fused-ring (bicyclic) bond motifs is 6. The molecule has 244 valence electrons. The lowest BCUT2D eigenvalue weighted by atomic mass is 9.84. The maximum Gasteiger partial charge on any atom is 0.297 e. The summed E-state index contributed by atoms with van der Waals surface area (Å²) in [5, 5.41) is 10.9. The van der Waals surface area contributed by atoms with E-state index in [4.69, 9.17) is 4.42 Å². The molecule has 7 aromatic rings. The molecule has 2 amide bonds. The van der Waals surface area contributed by atoms with Gasteiger partial charge in [-0.15, -0.1) is 10.2 Å². The molecule has 1 unspecified atom stereocenters. The van der Waals surface area contributed by atoms with Gasteiger partial charge in [-0.2, -0.15) is 0 Å². The zero-order valence-corrected chi connectivity index (χ0v) is 27.4. The number of para-hydroxylation sites is 1. The van der Waals surface area contributed by atoms with E-state index in [0.29, 0.717) is 21.3 Å². The van der Waals surface area contributed by atoms with Gasteiger partial charge in [-0.25, -0.2) is 8.78 Å². The van der Waals surface area contributed by atoms with Crippen molar-refractivity contribution in [1.29, 1.82) is 0 Å². The van der Waals surface area contributed by atoms with E-state index in [9.17, 15) is 18.4 Å². The Hall–Kier alpha value is -5.72. The lowest BCUT2D eigenvalue weighted by Gasteiger charge is -2.32. The Morgan fingerprint density at radius 3 is 2.44 bits per heavy atom. The van der Waals surface area contributed by atoms with E-state index in [2.05, 4.69) is 16.3 Å². The van der Waals surface area contributed by atoms with Crippen LogP contribution in [0.3, 0.4) is 0 Å². The van der Waals surface area contributed by atoms with Crippen LogP contribution in [-0.4, -0.2) is 22.0 Å². The normalized spacial score (nSPS) is 16.6. The highest BCUT2D eigenvalue weighted by Crippen LogP contribution is 2.55. The first kappa shape index (κ1) is 30.3. The number of aromatic nitrogens is 2. The van der Waals surface area contributed by atoms with Gasteiger partial charge in [0.2, 0.25) is 10.9 Å². The van der Waals surface area contributed by atoms with E-state index >= 15 is 4.79 Å². The van der Waals surface area contributed by atoms with E-state index in [1.165, 1.54) is 33.7 Å². The molecule has 4 heterocycles. The van der Waals surface area contributed by atoms with Gasteiger partial charge in [0.05, 0.1) is 23.2 Å². The third kappa shape index (κ3) is 4.38. The first-order valence-corrected chi connectivity index (χ1v) is 17.4. The van der Waals surface area contributed by atoms with Gasteiger partial charge in [-0.3, -0.25) is 19.3 Å². The van der Waals surface area contributed by atoms with Crippen LogP contribution in [0.2, 0.25) is 0 Å². The van der Waals surface area contributed by atoms with Crippen molar-refractivity contribution in [3.63, 3.8) is 0 Å².